The summed E-state index contributed by atoms with van der Waals surface area (Å²) in [5.74, 6) is 0.780. The van der Waals surface area contributed by atoms with Crippen LogP contribution < -0.4 is 4.74 Å². The van der Waals surface area contributed by atoms with Gasteiger partial charge in [0.15, 0.2) is 5.60 Å². The van der Waals surface area contributed by atoms with E-state index in [2.05, 4.69) is 0 Å². The van der Waals surface area contributed by atoms with Crippen molar-refractivity contribution < 1.29 is 19.1 Å². The Morgan fingerprint density at radius 2 is 2.00 bits per heavy atom. The molecule has 2 aromatic rings. The first kappa shape index (κ1) is 18.3. The molecule has 1 spiro atoms. The van der Waals surface area contributed by atoms with Crippen molar-refractivity contribution in [3.63, 3.8) is 0 Å². The number of aryl methyl sites for hydroxylation is 1. The number of ether oxygens (including phenoxy) is 2. The molecule has 6 nitrogen and oxygen atoms in total. The molecular weight excluding hydrogens is 356 g/mol. The maximum atomic E-state index is 13.1. The van der Waals surface area contributed by atoms with Crippen LogP contribution in [-0.2, 0) is 4.74 Å². The molecule has 2 aliphatic heterocycles. The lowest BCUT2D eigenvalue weighted by Gasteiger charge is -2.22. The molecule has 2 heterocycles. The van der Waals surface area contributed by atoms with E-state index in [0.29, 0.717) is 31.6 Å². The van der Waals surface area contributed by atoms with E-state index in [0.717, 1.165) is 22.4 Å². The summed E-state index contributed by atoms with van der Waals surface area (Å²) >= 11 is 0. The molecule has 1 atom stereocenters. The molecule has 2 aliphatic rings. The molecule has 1 unspecified atom stereocenters. The number of rotatable bonds is 3. The number of amides is 2. The summed E-state index contributed by atoms with van der Waals surface area (Å²) in [5.41, 5.74) is 3.23. The minimum absolute atomic E-state index is 0.0320. The Balaban J connectivity index is 1.55. The predicted molar refractivity (Wildman–Crippen MR) is 106 cm³/mol. The summed E-state index contributed by atoms with van der Waals surface area (Å²) in [6.07, 6.45) is 0.359. The highest BCUT2D eigenvalue weighted by Gasteiger charge is 2.49. The maximum absolute atomic E-state index is 13.1. The molecule has 0 aromatic heterocycles. The molecule has 28 heavy (non-hydrogen) atoms. The summed E-state index contributed by atoms with van der Waals surface area (Å²) < 4.78 is 10.8. The Hall–Kier alpha value is -3.02. The second-order valence-corrected chi connectivity index (χ2v) is 7.65. The van der Waals surface area contributed by atoms with Gasteiger partial charge in [0.25, 0.3) is 5.91 Å². The average Bonchev–Trinajstić information content (AvgIpc) is 3.22. The predicted octanol–water partition coefficient (Wildman–Crippen LogP) is 3.34. The van der Waals surface area contributed by atoms with Gasteiger partial charge in [-0.25, -0.2) is 4.79 Å². The Bertz CT molecular complexity index is 942. The standard InChI is InChI=1S/C22H24N2O4/c1-15-11-18(27-3)7-8-19(15)16-5-4-6-17(12-16)20(25)24-10-9-22(14-24)13-23(2)21(26)28-22/h4-8,11-12H,9-10,13-14H2,1-3H3. The van der Waals surface area contributed by atoms with Gasteiger partial charge in [0.05, 0.1) is 20.2 Å². The molecule has 0 aliphatic carbocycles. The largest absolute Gasteiger partial charge is 0.497 e. The number of likely N-dealkylation sites (tertiary alicyclic amines) is 1. The van der Waals surface area contributed by atoms with Gasteiger partial charge in [0.1, 0.15) is 5.75 Å². The Morgan fingerprint density at radius 3 is 2.68 bits per heavy atom. The zero-order valence-corrected chi connectivity index (χ0v) is 16.4. The fourth-order valence-electron chi connectivity index (χ4n) is 4.11. The monoisotopic (exact) mass is 380 g/mol. The summed E-state index contributed by atoms with van der Waals surface area (Å²) in [6, 6.07) is 13.6. The highest BCUT2D eigenvalue weighted by molar-refractivity contribution is 5.96. The second-order valence-electron chi connectivity index (χ2n) is 7.65. The van der Waals surface area contributed by atoms with Crippen LogP contribution in [-0.4, -0.2) is 61.2 Å². The molecule has 0 saturated carbocycles. The fourth-order valence-corrected chi connectivity index (χ4v) is 4.11. The van der Waals surface area contributed by atoms with E-state index in [1.165, 1.54) is 0 Å². The van der Waals surface area contributed by atoms with Crippen molar-refractivity contribution in [3.05, 3.63) is 53.6 Å². The van der Waals surface area contributed by atoms with Crippen LogP contribution in [0.1, 0.15) is 22.3 Å². The molecule has 0 N–H and O–H groups in total. The molecule has 6 heteroatoms. The normalized spacial score (nSPS) is 21.3. The smallest absolute Gasteiger partial charge is 0.410 e. The lowest BCUT2D eigenvalue weighted by atomic mass is 9.98. The summed E-state index contributed by atoms with van der Waals surface area (Å²) in [4.78, 5) is 28.2. The number of methoxy groups -OCH3 is 1. The van der Waals surface area contributed by atoms with Gasteiger partial charge in [-0.15, -0.1) is 0 Å². The highest BCUT2D eigenvalue weighted by atomic mass is 16.6. The van der Waals surface area contributed by atoms with Crippen LogP contribution in [0.25, 0.3) is 11.1 Å². The molecule has 0 radical (unpaired) electrons. The van der Waals surface area contributed by atoms with Crippen LogP contribution in [0.5, 0.6) is 5.75 Å². The van der Waals surface area contributed by atoms with Gasteiger partial charge < -0.3 is 19.3 Å². The summed E-state index contributed by atoms with van der Waals surface area (Å²) in [5, 5.41) is 0. The topological polar surface area (TPSA) is 59.1 Å². The quantitative estimate of drug-likeness (QED) is 0.820. The van der Waals surface area contributed by atoms with E-state index in [9.17, 15) is 9.59 Å². The molecule has 2 fully saturated rings. The van der Waals surface area contributed by atoms with E-state index in [-0.39, 0.29) is 12.0 Å². The van der Waals surface area contributed by atoms with E-state index in [4.69, 9.17) is 9.47 Å². The van der Waals surface area contributed by atoms with Crippen molar-refractivity contribution >= 4 is 12.0 Å². The van der Waals surface area contributed by atoms with E-state index < -0.39 is 5.60 Å². The number of carbonyl (C=O) groups is 2. The lowest BCUT2D eigenvalue weighted by molar-refractivity contribution is 0.0553. The average molecular weight is 380 g/mol. The van der Waals surface area contributed by atoms with Crippen LogP contribution in [0, 0.1) is 6.92 Å². The van der Waals surface area contributed by atoms with Gasteiger partial charge >= 0.3 is 6.09 Å². The highest BCUT2D eigenvalue weighted by Crippen LogP contribution is 2.33. The Kier molecular flexibility index (Phi) is 4.49. The summed E-state index contributed by atoms with van der Waals surface area (Å²) in [6.45, 7) is 3.58. The third kappa shape index (κ3) is 3.19. The van der Waals surface area contributed by atoms with Crippen LogP contribution in [0.15, 0.2) is 42.5 Å². The van der Waals surface area contributed by atoms with E-state index >= 15 is 0 Å². The number of hydrogen-bond acceptors (Lipinski definition) is 4. The number of nitrogens with zero attached hydrogens (tertiary/aromatic N) is 2. The SMILES string of the molecule is COc1ccc(-c2cccc(C(=O)N3CCC4(CN(C)C(=O)O4)C3)c2)c(C)c1. The zero-order valence-electron chi connectivity index (χ0n) is 16.4. The first-order valence-corrected chi connectivity index (χ1v) is 9.39. The Morgan fingerprint density at radius 1 is 1.18 bits per heavy atom. The van der Waals surface area contributed by atoms with Crippen LogP contribution >= 0.6 is 0 Å². The number of likely N-dealkylation sites (N-methyl/N-ethyl adjacent to an activating group) is 1. The fraction of sp³-hybridized carbons (Fsp3) is 0.364. The zero-order chi connectivity index (χ0) is 19.9. The van der Waals surface area contributed by atoms with E-state index in [1.54, 1.807) is 24.0 Å². The number of benzene rings is 2. The lowest BCUT2D eigenvalue weighted by Crippen LogP contribution is -2.39. The van der Waals surface area contributed by atoms with Crippen molar-refractivity contribution in [3.8, 4) is 16.9 Å². The number of hydrogen-bond donors (Lipinski definition) is 0. The van der Waals surface area contributed by atoms with Gasteiger partial charge in [-0.1, -0.05) is 18.2 Å². The first-order chi connectivity index (χ1) is 13.4. The van der Waals surface area contributed by atoms with Crippen molar-refractivity contribution in [2.24, 2.45) is 0 Å². The molecule has 146 valence electrons. The van der Waals surface area contributed by atoms with Crippen molar-refractivity contribution in [2.45, 2.75) is 18.9 Å². The third-order valence-electron chi connectivity index (χ3n) is 5.60. The molecule has 4 rings (SSSR count). The van der Waals surface area contributed by atoms with Crippen molar-refractivity contribution in [1.82, 2.24) is 9.80 Å². The van der Waals surface area contributed by atoms with Crippen molar-refractivity contribution in [2.75, 3.05) is 33.8 Å². The first-order valence-electron chi connectivity index (χ1n) is 9.39. The minimum Gasteiger partial charge on any atom is -0.497 e. The molecular formula is C22H24N2O4. The molecule has 2 saturated heterocycles. The van der Waals surface area contributed by atoms with Crippen molar-refractivity contribution in [1.29, 1.82) is 0 Å². The Labute approximate surface area is 164 Å². The van der Waals surface area contributed by atoms with Crippen LogP contribution in [0.3, 0.4) is 0 Å². The van der Waals surface area contributed by atoms with Crippen LogP contribution in [0.4, 0.5) is 4.79 Å². The van der Waals surface area contributed by atoms with Gasteiger partial charge in [0.2, 0.25) is 0 Å². The minimum atomic E-state index is -0.564. The van der Waals surface area contributed by atoms with Gasteiger partial charge in [0, 0.05) is 25.6 Å². The third-order valence-corrected chi connectivity index (χ3v) is 5.60. The molecule has 2 aromatic carbocycles. The molecule has 0 bridgehead atoms. The second kappa shape index (κ2) is 6.86. The van der Waals surface area contributed by atoms with Gasteiger partial charge in [-0.05, 0) is 47.9 Å². The van der Waals surface area contributed by atoms with Gasteiger partial charge in [-0.3, -0.25) is 4.79 Å². The number of carbonyl (C=O) groups excluding carboxylic acids is 2. The maximum Gasteiger partial charge on any atom is 0.410 e. The molecule has 2 amide bonds. The van der Waals surface area contributed by atoms with E-state index in [1.807, 2.05) is 49.4 Å². The summed E-state index contributed by atoms with van der Waals surface area (Å²) in [7, 11) is 3.37. The van der Waals surface area contributed by atoms with Crippen LogP contribution in [0.2, 0.25) is 0 Å². The van der Waals surface area contributed by atoms with Gasteiger partial charge in [-0.2, -0.15) is 0 Å².